The monoisotopic (exact) mass is 293 g/mol. The highest BCUT2D eigenvalue weighted by molar-refractivity contribution is 9.09. The van der Waals surface area contributed by atoms with Gasteiger partial charge in [-0.1, -0.05) is 28.8 Å². The van der Waals surface area contributed by atoms with E-state index in [-0.39, 0.29) is 5.91 Å². The van der Waals surface area contributed by atoms with Gasteiger partial charge in [0.25, 0.3) is 0 Å². The quantitative estimate of drug-likeness (QED) is 0.790. The molecule has 0 heterocycles. The van der Waals surface area contributed by atoms with Crippen molar-refractivity contribution in [3.63, 3.8) is 0 Å². The van der Waals surface area contributed by atoms with Crippen LogP contribution in [0.3, 0.4) is 0 Å². The second-order valence-electron chi connectivity index (χ2n) is 4.20. The molecule has 0 aliphatic heterocycles. The molecule has 1 saturated carbocycles. The second-order valence-corrected chi connectivity index (χ2v) is 5.71. The molecule has 1 aliphatic carbocycles. The first-order valence-corrected chi connectivity index (χ1v) is 8.11. The van der Waals surface area contributed by atoms with Gasteiger partial charge in [-0.25, -0.2) is 0 Å². The summed E-state index contributed by atoms with van der Waals surface area (Å²) >= 11 is 5.15. The molecule has 1 amide bonds. The molecule has 4 heteroatoms. The van der Waals surface area contributed by atoms with Crippen molar-refractivity contribution in [2.24, 2.45) is 11.8 Å². The molecule has 15 heavy (non-hydrogen) atoms. The van der Waals surface area contributed by atoms with Crippen molar-refractivity contribution in [3.05, 3.63) is 0 Å². The third kappa shape index (κ3) is 4.77. The number of carbonyl (C=O) groups is 1. The Morgan fingerprint density at radius 2 is 2.07 bits per heavy atom. The molecule has 0 radical (unpaired) electrons. The number of carbonyl (C=O) groups excluding carboxylic acids is 1. The van der Waals surface area contributed by atoms with E-state index < -0.39 is 0 Å². The predicted octanol–water partition coefficient (Wildman–Crippen LogP) is 2.67. The van der Waals surface area contributed by atoms with Crippen molar-refractivity contribution < 1.29 is 4.79 Å². The maximum Gasteiger partial charge on any atom is 0.229 e. The molecule has 0 aromatic carbocycles. The van der Waals surface area contributed by atoms with Gasteiger partial charge in [0.05, 0.1) is 5.75 Å². The van der Waals surface area contributed by atoms with Crippen LogP contribution in [0.5, 0.6) is 0 Å². The van der Waals surface area contributed by atoms with E-state index in [9.17, 15) is 4.79 Å². The number of halogens is 1. The summed E-state index contributed by atoms with van der Waals surface area (Å²) in [6, 6.07) is 0. The van der Waals surface area contributed by atoms with E-state index in [0.717, 1.165) is 17.8 Å². The molecule has 1 fully saturated rings. The summed E-state index contributed by atoms with van der Waals surface area (Å²) in [5.74, 6) is 2.21. The number of amides is 1. The fraction of sp³-hybridized carbons (Fsp3) is 0.909. The van der Waals surface area contributed by atoms with Gasteiger partial charge in [0, 0.05) is 11.9 Å². The lowest BCUT2D eigenvalue weighted by Crippen LogP contribution is -2.35. The van der Waals surface area contributed by atoms with Crippen molar-refractivity contribution in [2.75, 3.05) is 23.9 Å². The number of alkyl halides is 1. The van der Waals surface area contributed by atoms with Crippen molar-refractivity contribution in [3.8, 4) is 0 Å². The Bertz CT molecular complexity index is 201. The van der Waals surface area contributed by atoms with Crippen molar-refractivity contribution in [2.45, 2.75) is 25.7 Å². The van der Waals surface area contributed by atoms with Gasteiger partial charge in [-0.3, -0.25) is 4.79 Å². The number of rotatable bonds is 5. The normalized spacial score (nSPS) is 26.3. The van der Waals surface area contributed by atoms with Gasteiger partial charge in [-0.2, -0.15) is 11.8 Å². The zero-order valence-corrected chi connectivity index (χ0v) is 11.7. The van der Waals surface area contributed by atoms with Crippen LogP contribution < -0.4 is 5.32 Å². The Labute approximate surface area is 105 Å². The van der Waals surface area contributed by atoms with Gasteiger partial charge in [0.2, 0.25) is 5.91 Å². The lowest BCUT2D eigenvalue weighted by atomic mass is 9.80. The highest BCUT2D eigenvalue weighted by Gasteiger charge is 2.24. The van der Waals surface area contributed by atoms with E-state index >= 15 is 0 Å². The Morgan fingerprint density at radius 3 is 2.67 bits per heavy atom. The van der Waals surface area contributed by atoms with Crippen LogP contribution in [0.1, 0.15) is 25.7 Å². The number of thioether (sulfide) groups is 1. The first-order chi connectivity index (χ1) is 7.27. The molecule has 0 bridgehead atoms. The first-order valence-electron chi connectivity index (χ1n) is 5.59. The molecular weight excluding hydrogens is 274 g/mol. The van der Waals surface area contributed by atoms with Gasteiger partial charge in [0.15, 0.2) is 0 Å². The lowest BCUT2D eigenvalue weighted by Gasteiger charge is -2.30. The smallest absolute Gasteiger partial charge is 0.229 e. The van der Waals surface area contributed by atoms with E-state index in [2.05, 4.69) is 21.2 Å². The van der Waals surface area contributed by atoms with Crippen molar-refractivity contribution in [1.29, 1.82) is 0 Å². The van der Waals surface area contributed by atoms with Crippen molar-refractivity contribution >= 4 is 33.6 Å². The molecule has 2 nitrogen and oxygen atoms in total. The molecule has 88 valence electrons. The third-order valence-electron chi connectivity index (χ3n) is 3.10. The number of hydrogen-bond acceptors (Lipinski definition) is 2. The molecule has 0 saturated heterocycles. The highest BCUT2D eigenvalue weighted by atomic mass is 79.9. The van der Waals surface area contributed by atoms with Crippen LogP contribution in [0.2, 0.25) is 0 Å². The van der Waals surface area contributed by atoms with Gasteiger partial charge in [0.1, 0.15) is 0 Å². The number of hydrogen-bond donors (Lipinski definition) is 1. The molecule has 2 unspecified atom stereocenters. The van der Waals surface area contributed by atoms with Crippen LogP contribution in [-0.2, 0) is 4.79 Å². The average Bonchev–Trinajstić information content (AvgIpc) is 2.27. The third-order valence-corrected chi connectivity index (χ3v) is 4.48. The average molecular weight is 294 g/mol. The van der Waals surface area contributed by atoms with Gasteiger partial charge in [-0.05, 0) is 30.9 Å². The van der Waals surface area contributed by atoms with E-state index in [1.807, 2.05) is 6.26 Å². The zero-order chi connectivity index (χ0) is 11.1. The summed E-state index contributed by atoms with van der Waals surface area (Å²) in [6.45, 7) is 0.871. The summed E-state index contributed by atoms with van der Waals surface area (Å²) in [5, 5.41) is 4.12. The van der Waals surface area contributed by atoms with E-state index in [4.69, 9.17) is 0 Å². The summed E-state index contributed by atoms with van der Waals surface area (Å²) in [5.41, 5.74) is 0. The van der Waals surface area contributed by atoms with Crippen LogP contribution in [0.4, 0.5) is 0 Å². The topological polar surface area (TPSA) is 29.1 Å². The standard InChI is InChI=1S/C11H20BrNOS/c1-15-8-11(14)13-7-10-5-3-2-4-9(10)6-12/h9-10H,2-8H2,1H3,(H,13,14). The molecule has 0 aromatic heterocycles. The summed E-state index contributed by atoms with van der Waals surface area (Å²) in [4.78, 5) is 11.3. The van der Waals surface area contributed by atoms with E-state index in [0.29, 0.717) is 11.7 Å². The van der Waals surface area contributed by atoms with Crippen molar-refractivity contribution in [1.82, 2.24) is 5.32 Å². The minimum Gasteiger partial charge on any atom is -0.355 e. The summed E-state index contributed by atoms with van der Waals surface area (Å²) in [7, 11) is 0. The minimum atomic E-state index is 0.182. The first kappa shape index (κ1) is 13.4. The van der Waals surface area contributed by atoms with Gasteiger partial charge < -0.3 is 5.32 Å². The Hall–Kier alpha value is 0.300. The number of nitrogens with one attached hydrogen (secondary N) is 1. The molecule has 1 N–H and O–H groups in total. The zero-order valence-electron chi connectivity index (χ0n) is 9.30. The summed E-state index contributed by atoms with van der Waals surface area (Å²) in [6.07, 6.45) is 7.23. The largest absolute Gasteiger partial charge is 0.355 e. The summed E-state index contributed by atoms with van der Waals surface area (Å²) < 4.78 is 0. The Kier molecular flexibility index (Phi) is 6.73. The van der Waals surface area contributed by atoms with Crippen LogP contribution in [0, 0.1) is 11.8 Å². The maximum absolute atomic E-state index is 11.3. The molecular formula is C11H20BrNOS. The molecule has 0 spiro atoms. The highest BCUT2D eigenvalue weighted by Crippen LogP contribution is 2.30. The molecule has 0 aromatic rings. The molecule has 1 aliphatic rings. The fourth-order valence-electron chi connectivity index (χ4n) is 2.18. The van der Waals surface area contributed by atoms with Gasteiger partial charge >= 0.3 is 0 Å². The Morgan fingerprint density at radius 1 is 1.40 bits per heavy atom. The fourth-order valence-corrected chi connectivity index (χ4v) is 3.40. The van der Waals surface area contributed by atoms with Gasteiger partial charge in [-0.15, -0.1) is 0 Å². The molecule has 1 rings (SSSR count). The SMILES string of the molecule is CSCC(=O)NCC1CCCCC1CBr. The van der Waals surface area contributed by atoms with E-state index in [1.54, 1.807) is 11.8 Å². The Balaban J connectivity index is 2.26. The van der Waals surface area contributed by atoms with Crippen LogP contribution in [-0.4, -0.2) is 29.8 Å². The van der Waals surface area contributed by atoms with Crippen LogP contribution in [0.25, 0.3) is 0 Å². The maximum atomic E-state index is 11.3. The second kappa shape index (κ2) is 7.55. The lowest BCUT2D eigenvalue weighted by molar-refractivity contribution is -0.118. The minimum absolute atomic E-state index is 0.182. The van der Waals surface area contributed by atoms with Crippen LogP contribution in [0.15, 0.2) is 0 Å². The predicted molar refractivity (Wildman–Crippen MR) is 70.6 cm³/mol. The molecule has 2 atom stereocenters. The van der Waals surface area contributed by atoms with E-state index in [1.165, 1.54) is 25.7 Å². The van der Waals surface area contributed by atoms with Crippen LogP contribution >= 0.6 is 27.7 Å².